The molecule has 1 aromatic rings. The molecular weight excluding hydrogens is 240 g/mol. The van der Waals surface area contributed by atoms with Crippen molar-refractivity contribution in [2.24, 2.45) is 0 Å². The average Bonchev–Trinajstić information content (AvgIpc) is 2.64. The van der Waals surface area contributed by atoms with Crippen molar-refractivity contribution in [2.75, 3.05) is 29.9 Å². The van der Waals surface area contributed by atoms with E-state index in [4.69, 9.17) is 0 Å². The van der Waals surface area contributed by atoms with E-state index in [1.807, 2.05) is 18.2 Å². The summed E-state index contributed by atoms with van der Waals surface area (Å²) in [6, 6.07) is 5.85. The van der Waals surface area contributed by atoms with Crippen LogP contribution in [0.5, 0.6) is 0 Å². The maximum absolute atomic E-state index is 11.7. The fraction of sp³-hybridized carbons (Fsp3) is 0.400. The average molecular weight is 258 g/mol. The Balaban J connectivity index is 1.93. The number of aliphatic hydroxyl groups is 1. The molecule has 1 aromatic carbocycles. The second kappa shape index (κ2) is 4.38. The van der Waals surface area contributed by atoms with Crippen molar-refractivity contribution in [1.82, 2.24) is 0 Å². The predicted molar refractivity (Wildman–Crippen MR) is 75.4 cm³/mol. The van der Waals surface area contributed by atoms with E-state index in [1.54, 1.807) is 7.05 Å². The number of carbonyl (C=O) groups is 1. The largest absolute Gasteiger partial charge is 0.378 e. The molecule has 2 aliphatic rings. The zero-order valence-corrected chi connectivity index (χ0v) is 11.3. The summed E-state index contributed by atoms with van der Waals surface area (Å²) in [4.78, 5) is 15.6. The first kappa shape index (κ1) is 12.2. The molecule has 0 saturated carbocycles. The van der Waals surface area contributed by atoms with Crippen LogP contribution in [-0.2, 0) is 4.79 Å². The van der Waals surface area contributed by atoms with Crippen LogP contribution < -0.4 is 9.80 Å². The fourth-order valence-electron chi connectivity index (χ4n) is 2.69. The molecular formula is C15H18N2O2. The van der Waals surface area contributed by atoms with Crippen LogP contribution in [0, 0.1) is 0 Å². The van der Waals surface area contributed by atoms with Gasteiger partial charge in [0.2, 0.25) is 0 Å². The van der Waals surface area contributed by atoms with Crippen molar-refractivity contribution < 1.29 is 9.90 Å². The van der Waals surface area contributed by atoms with Crippen LogP contribution in [0.4, 0.5) is 11.4 Å². The van der Waals surface area contributed by atoms with E-state index < -0.39 is 6.10 Å². The van der Waals surface area contributed by atoms with Crippen molar-refractivity contribution in [1.29, 1.82) is 0 Å². The summed E-state index contributed by atoms with van der Waals surface area (Å²) < 4.78 is 0. The van der Waals surface area contributed by atoms with Crippen molar-refractivity contribution in [3.05, 3.63) is 35.4 Å². The Morgan fingerprint density at radius 2 is 2.16 bits per heavy atom. The molecule has 4 nitrogen and oxygen atoms in total. The highest BCUT2D eigenvalue weighted by molar-refractivity contribution is 6.03. The number of fused-ring (bicyclic) bond motifs is 1. The minimum atomic E-state index is -1.00. The van der Waals surface area contributed by atoms with Gasteiger partial charge in [-0.25, -0.2) is 0 Å². The highest BCUT2D eigenvalue weighted by atomic mass is 16.3. The number of aliphatic hydroxyl groups excluding tert-OH is 1. The molecule has 4 heteroatoms. The molecule has 1 amide bonds. The van der Waals surface area contributed by atoms with Crippen LogP contribution in [0.15, 0.2) is 29.8 Å². The molecule has 2 aliphatic heterocycles. The highest BCUT2D eigenvalue weighted by Crippen LogP contribution is 2.37. The number of hydrogen-bond donors (Lipinski definition) is 1. The number of anilines is 2. The monoisotopic (exact) mass is 258 g/mol. The number of rotatable bonds is 1. The molecule has 19 heavy (non-hydrogen) atoms. The second-order valence-electron chi connectivity index (χ2n) is 5.29. The van der Waals surface area contributed by atoms with Gasteiger partial charge in [0.1, 0.15) is 0 Å². The van der Waals surface area contributed by atoms with E-state index in [-0.39, 0.29) is 5.91 Å². The summed E-state index contributed by atoms with van der Waals surface area (Å²) in [6.45, 7) is 4.06. The predicted octanol–water partition coefficient (Wildman–Crippen LogP) is 1.85. The van der Waals surface area contributed by atoms with Crippen molar-refractivity contribution >= 4 is 17.3 Å². The first-order chi connectivity index (χ1) is 9.08. The number of amides is 1. The van der Waals surface area contributed by atoms with Gasteiger partial charge in [-0.2, -0.15) is 0 Å². The standard InChI is InChI=1S/C15H18N2O2/c1-10-5-7-17(8-6-10)11-3-4-12-13(9-11)16(2)15(19)14(12)18/h3-5,9,14,18H,6-8H2,1-2H3. The van der Waals surface area contributed by atoms with E-state index in [9.17, 15) is 9.90 Å². The summed E-state index contributed by atoms with van der Waals surface area (Å²) >= 11 is 0. The number of benzene rings is 1. The molecule has 0 radical (unpaired) electrons. The first-order valence-corrected chi connectivity index (χ1v) is 6.58. The molecule has 0 bridgehead atoms. The smallest absolute Gasteiger partial charge is 0.260 e. The first-order valence-electron chi connectivity index (χ1n) is 6.58. The van der Waals surface area contributed by atoms with Gasteiger partial charge in [0.15, 0.2) is 6.10 Å². The van der Waals surface area contributed by atoms with Gasteiger partial charge in [-0.15, -0.1) is 0 Å². The van der Waals surface area contributed by atoms with Gasteiger partial charge in [0.25, 0.3) is 5.91 Å². The van der Waals surface area contributed by atoms with Crippen LogP contribution in [-0.4, -0.2) is 31.2 Å². The quantitative estimate of drug-likeness (QED) is 0.782. The van der Waals surface area contributed by atoms with Crippen molar-refractivity contribution in [3.63, 3.8) is 0 Å². The maximum Gasteiger partial charge on any atom is 0.260 e. The number of hydrogen-bond acceptors (Lipinski definition) is 3. The molecule has 0 aliphatic carbocycles. The van der Waals surface area contributed by atoms with Crippen LogP contribution >= 0.6 is 0 Å². The molecule has 3 rings (SSSR count). The minimum Gasteiger partial charge on any atom is -0.378 e. The van der Waals surface area contributed by atoms with E-state index in [0.717, 1.165) is 30.9 Å². The van der Waals surface area contributed by atoms with E-state index in [0.29, 0.717) is 5.56 Å². The zero-order valence-electron chi connectivity index (χ0n) is 11.3. The Labute approximate surface area is 112 Å². The summed E-state index contributed by atoms with van der Waals surface area (Å²) in [5.74, 6) is -0.249. The van der Waals surface area contributed by atoms with Crippen LogP contribution in [0.3, 0.4) is 0 Å². The van der Waals surface area contributed by atoms with Gasteiger partial charge in [0, 0.05) is 31.4 Å². The van der Waals surface area contributed by atoms with Gasteiger partial charge >= 0.3 is 0 Å². The van der Waals surface area contributed by atoms with Crippen LogP contribution in [0.1, 0.15) is 25.0 Å². The highest BCUT2D eigenvalue weighted by Gasteiger charge is 2.33. The molecule has 0 saturated heterocycles. The number of nitrogens with zero attached hydrogens (tertiary/aromatic N) is 2. The van der Waals surface area contributed by atoms with Crippen LogP contribution in [0.2, 0.25) is 0 Å². The van der Waals surface area contributed by atoms with E-state index in [1.165, 1.54) is 10.5 Å². The van der Waals surface area contributed by atoms with Crippen molar-refractivity contribution in [2.45, 2.75) is 19.4 Å². The molecule has 1 atom stereocenters. The third-order valence-corrected chi connectivity index (χ3v) is 4.04. The molecule has 1 unspecified atom stereocenters. The number of carbonyl (C=O) groups excluding carboxylic acids is 1. The third kappa shape index (κ3) is 1.92. The SMILES string of the molecule is CC1=CCN(c2ccc3c(c2)N(C)C(=O)C3O)CC1. The Hall–Kier alpha value is -1.81. The lowest BCUT2D eigenvalue weighted by atomic mass is 10.1. The molecule has 0 fully saturated rings. The van der Waals surface area contributed by atoms with Crippen molar-refractivity contribution in [3.8, 4) is 0 Å². The van der Waals surface area contributed by atoms with Crippen LogP contribution in [0.25, 0.3) is 0 Å². The molecule has 0 aromatic heterocycles. The summed E-state index contributed by atoms with van der Waals surface area (Å²) in [5.41, 5.74) is 4.07. The lowest BCUT2D eigenvalue weighted by Gasteiger charge is -2.28. The summed E-state index contributed by atoms with van der Waals surface area (Å²) in [6.07, 6.45) is 2.31. The van der Waals surface area contributed by atoms with Gasteiger partial charge in [0.05, 0.1) is 5.69 Å². The van der Waals surface area contributed by atoms with Gasteiger partial charge in [-0.1, -0.05) is 17.7 Å². The normalized spacial score (nSPS) is 22.6. The van der Waals surface area contributed by atoms with Gasteiger partial charge < -0.3 is 14.9 Å². The minimum absolute atomic E-state index is 0.249. The van der Waals surface area contributed by atoms with Gasteiger partial charge in [-0.3, -0.25) is 4.79 Å². The lowest BCUT2D eigenvalue weighted by molar-refractivity contribution is -0.125. The Bertz CT molecular complexity index is 565. The maximum atomic E-state index is 11.7. The summed E-state index contributed by atoms with van der Waals surface area (Å²) in [5, 5.41) is 9.84. The van der Waals surface area contributed by atoms with E-state index in [2.05, 4.69) is 17.9 Å². The topological polar surface area (TPSA) is 43.8 Å². The fourth-order valence-corrected chi connectivity index (χ4v) is 2.69. The third-order valence-electron chi connectivity index (χ3n) is 4.04. The van der Waals surface area contributed by atoms with E-state index >= 15 is 0 Å². The summed E-state index contributed by atoms with van der Waals surface area (Å²) in [7, 11) is 1.71. The molecule has 2 heterocycles. The Morgan fingerprint density at radius 1 is 1.37 bits per heavy atom. The number of likely N-dealkylation sites (N-methyl/N-ethyl adjacent to an activating group) is 1. The lowest BCUT2D eigenvalue weighted by Crippen LogP contribution is -2.28. The Morgan fingerprint density at radius 3 is 2.84 bits per heavy atom. The second-order valence-corrected chi connectivity index (χ2v) is 5.29. The zero-order chi connectivity index (χ0) is 13.6. The van der Waals surface area contributed by atoms with Gasteiger partial charge in [-0.05, 0) is 25.5 Å². The molecule has 0 spiro atoms. The Kier molecular flexibility index (Phi) is 2.82. The molecule has 100 valence electrons. The molecule has 1 N–H and O–H groups in total.